The summed E-state index contributed by atoms with van der Waals surface area (Å²) in [7, 11) is -2.25. The highest BCUT2D eigenvalue weighted by molar-refractivity contribution is 7.92. The van der Waals surface area contributed by atoms with Gasteiger partial charge in [-0.2, -0.15) is 5.10 Å². The minimum Gasteiger partial charge on any atom is -0.326 e. The van der Waals surface area contributed by atoms with E-state index in [9.17, 15) is 12.8 Å². The lowest BCUT2D eigenvalue weighted by molar-refractivity contribution is 0.585. The van der Waals surface area contributed by atoms with E-state index in [0.717, 1.165) is 0 Å². The summed E-state index contributed by atoms with van der Waals surface area (Å²) >= 11 is 0. The first-order valence-corrected chi connectivity index (χ1v) is 6.92. The number of sulfonamides is 1. The van der Waals surface area contributed by atoms with Crippen molar-refractivity contribution in [3.05, 3.63) is 41.8 Å². The molecule has 0 fully saturated rings. The molecule has 0 aliphatic rings. The van der Waals surface area contributed by atoms with E-state index in [2.05, 4.69) is 9.82 Å². The van der Waals surface area contributed by atoms with Gasteiger partial charge in [0, 0.05) is 31.4 Å². The third-order valence-corrected chi connectivity index (χ3v) is 3.96. The van der Waals surface area contributed by atoms with Crippen LogP contribution in [0.15, 0.2) is 35.4 Å². The lowest BCUT2D eigenvalue weighted by Gasteiger charge is -2.10. The molecule has 0 atom stereocenters. The number of halogens is 1. The molecule has 0 aliphatic carbocycles. The smallest absolute Gasteiger partial charge is 0.263 e. The molecule has 6 nitrogen and oxygen atoms in total. The Morgan fingerprint density at radius 2 is 2.16 bits per heavy atom. The highest BCUT2D eigenvalue weighted by atomic mass is 32.2. The fraction of sp³-hybridized carbons (Fsp3) is 0.182. The van der Waals surface area contributed by atoms with Crippen LogP contribution < -0.4 is 10.5 Å². The Balaban J connectivity index is 2.42. The number of rotatable bonds is 4. The first kappa shape index (κ1) is 13.5. The molecule has 0 bridgehead atoms. The first-order valence-electron chi connectivity index (χ1n) is 5.44. The van der Waals surface area contributed by atoms with Gasteiger partial charge in [-0.25, -0.2) is 12.8 Å². The maximum Gasteiger partial charge on any atom is 0.263 e. The molecular formula is C11H13FN4O2S. The summed E-state index contributed by atoms with van der Waals surface area (Å²) in [6.45, 7) is -0.203. The van der Waals surface area contributed by atoms with Crippen LogP contribution in [0.4, 0.5) is 10.2 Å². The van der Waals surface area contributed by atoms with E-state index in [1.54, 1.807) is 13.2 Å². The molecule has 0 unspecified atom stereocenters. The van der Waals surface area contributed by atoms with Crippen molar-refractivity contribution in [2.75, 3.05) is 4.72 Å². The number of benzene rings is 1. The van der Waals surface area contributed by atoms with Crippen molar-refractivity contribution in [1.29, 1.82) is 0 Å². The van der Waals surface area contributed by atoms with Crippen molar-refractivity contribution in [2.24, 2.45) is 12.8 Å². The second kappa shape index (κ2) is 4.98. The van der Waals surface area contributed by atoms with Crippen molar-refractivity contribution in [3.8, 4) is 0 Å². The maximum absolute atomic E-state index is 13.5. The lowest BCUT2D eigenvalue weighted by atomic mass is 10.2. The van der Waals surface area contributed by atoms with Crippen LogP contribution in [-0.4, -0.2) is 18.2 Å². The van der Waals surface area contributed by atoms with Crippen LogP contribution in [0, 0.1) is 5.82 Å². The number of nitrogens with zero attached hydrogens (tertiary/aromatic N) is 2. The molecule has 0 saturated heterocycles. The van der Waals surface area contributed by atoms with Gasteiger partial charge in [0.05, 0.1) is 4.90 Å². The third kappa shape index (κ3) is 2.74. The van der Waals surface area contributed by atoms with E-state index >= 15 is 0 Å². The van der Waals surface area contributed by atoms with Gasteiger partial charge in [-0.1, -0.05) is 6.07 Å². The highest BCUT2D eigenvalue weighted by Gasteiger charge is 2.21. The van der Waals surface area contributed by atoms with E-state index in [1.807, 2.05) is 0 Å². The van der Waals surface area contributed by atoms with Crippen LogP contribution >= 0.6 is 0 Å². The Kier molecular flexibility index (Phi) is 3.54. The summed E-state index contributed by atoms with van der Waals surface area (Å²) in [6.07, 6.45) is 1.59. The Morgan fingerprint density at radius 3 is 2.74 bits per heavy atom. The number of hydrogen-bond acceptors (Lipinski definition) is 4. The van der Waals surface area contributed by atoms with Gasteiger partial charge < -0.3 is 5.73 Å². The zero-order chi connectivity index (χ0) is 14.0. The molecule has 0 amide bonds. The van der Waals surface area contributed by atoms with Crippen molar-refractivity contribution in [3.63, 3.8) is 0 Å². The molecule has 8 heteroatoms. The fourth-order valence-electron chi connectivity index (χ4n) is 1.65. The topological polar surface area (TPSA) is 90.0 Å². The summed E-state index contributed by atoms with van der Waals surface area (Å²) in [6, 6.07) is 5.29. The molecular weight excluding hydrogens is 271 g/mol. The fourth-order valence-corrected chi connectivity index (χ4v) is 2.91. The molecule has 102 valence electrons. The monoisotopic (exact) mass is 284 g/mol. The third-order valence-electron chi connectivity index (χ3n) is 2.52. The van der Waals surface area contributed by atoms with Crippen LogP contribution in [0.2, 0.25) is 0 Å². The molecule has 19 heavy (non-hydrogen) atoms. The zero-order valence-corrected chi connectivity index (χ0v) is 11.0. The molecule has 2 rings (SSSR count). The van der Waals surface area contributed by atoms with Gasteiger partial charge in [0.2, 0.25) is 0 Å². The number of aryl methyl sites for hydroxylation is 1. The van der Waals surface area contributed by atoms with E-state index < -0.39 is 15.8 Å². The van der Waals surface area contributed by atoms with Gasteiger partial charge in [-0.05, 0) is 12.1 Å². The Bertz CT molecular complexity index is 696. The van der Waals surface area contributed by atoms with Crippen molar-refractivity contribution >= 4 is 15.8 Å². The normalized spacial score (nSPS) is 11.5. The van der Waals surface area contributed by atoms with E-state index in [1.165, 1.54) is 28.9 Å². The first-order chi connectivity index (χ1) is 8.94. The van der Waals surface area contributed by atoms with Gasteiger partial charge in [-0.3, -0.25) is 9.40 Å². The van der Waals surface area contributed by atoms with E-state index in [-0.39, 0.29) is 22.8 Å². The van der Waals surface area contributed by atoms with E-state index in [4.69, 9.17) is 5.73 Å². The Morgan fingerprint density at radius 1 is 1.42 bits per heavy atom. The Labute approximate surface area is 110 Å². The molecule has 0 spiro atoms. The summed E-state index contributed by atoms with van der Waals surface area (Å²) in [5.41, 5.74) is 5.34. The quantitative estimate of drug-likeness (QED) is 0.869. The SMILES string of the molecule is Cn1ccc(NS(=O)(=O)c2cccc(F)c2CN)n1. The molecule has 0 aliphatic heterocycles. The van der Waals surface area contributed by atoms with E-state index in [0.29, 0.717) is 0 Å². The van der Waals surface area contributed by atoms with Gasteiger partial charge in [0.1, 0.15) is 5.82 Å². The molecule has 1 aromatic heterocycles. The van der Waals surface area contributed by atoms with Crippen molar-refractivity contribution < 1.29 is 12.8 Å². The molecule has 1 aromatic carbocycles. The zero-order valence-electron chi connectivity index (χ0n) is 10.2. The molecule has 3 N–H and O–H groups in total. The van der Waals surface area contributed by atoms with Gasteiger partial charge in [-0.15, -0.1) is 0 Å². The summed E-state index contributed by atoms with van der Waals surface area (Å²) < 4.78 is 41.6. The minimum atomic E-state index is -3.91. The largest absolute Gasteiger partial charge is 0.326 e. The van der Waals surface area contributed by atoms with Crippen LogP contribution in [-0.2, 0) is 23.6 Å². The lowest BCUT2D eigenvalue weighted by Crippen LogP contribution is -2.17. The van der Waals surface area contributed by atoms with Crippen LogP contribution in [0.3, 0.4) is 0 Å². The van der Waals surface area contributed by atoms with Gasteiger partial charge >= 0.3 is 0 Å². The average Bonchev–Trinajstić information content (AvgIpc) is 2.73. The van der Waals surface area contributed by atoms with Crippen LogP contribution in [0.25, 0.3) is 0 Å². The highest BCUT2D eigenvalue weighted by Crippen LogP contribution is 2.20. The van der Waals surface area contributed by atoms with Crippen molar-refractivity contribution in [1.82, 2.24) is 9.78 Å². The number of nitrogens with two attached hydrogens (primary N) is 1. The predicted molar refractivity (Wildman–Crippen MR) is 68.3 cm³/mol. The predicted octanol–water partition coefficient (Wildman–Crippen LogP) is 0.819. The Hall–Kier alpha value is -1.93. The number of aromatic nitrogens is 2. The van der Waals surface area contributed by atoms with Crippen LogP contribution in [0.1, 0.15) is 5.56 Å². The molecule has 0 radical (unpaired) electrons. The van der Waals surface area contributed by atoms with Gasteiger partial charge in [0.15, 0.2) is 5.82 Å². The summed E-state index contributed by atoms with van der Waals surface area (Å²) in [5, 5.41) is 3.90. The van der Waals surface area contributed by atoms with Crippen LogP contribution in [0.5, 0.6) is 0 Å². The van der Waals surface area contributed by atoms with Gasteiger partial charge in [0.25, 0.3) is 10.0 Å². The molecule has 0 saturated carbocycles. The minimum absolute atomic E-state index is 0.0501. The van der Waals surface area contributed by atoms with Crippen molar-refractivity contribution in [2.45, 2.75) is 11.4 Å². The number of hydrogen-bond donors (Lipinski definition) is 2. The second-order valence-corrected chi connectivity index (χ2v) is 5.55. The number of anilines is 1. The number of nitrogens with one attached hydrogen (secondary N) is 1. The molecule has 1 heterocycles. The molecule has 2 aromatic rings. The maximum atomic E-state index is 13.5. The average molecular weight is 284 g/mol. The summed E-state index contributed by atoms with van der Waals surface area (Å²) in [5.74, 6) is -0.485. The summed E-state index contributed by atoms with van der Waals surface area (Å²) in [4.78, 5) is -0.180. The second-order valence-electron chi connectivity index (χ2n) is 3.90. The standard InChI is InChI=1S/C11H13FN4O2S/c1-16-6-5-11(14-16)15-19(17,18)10-4-2-3-9(12)8(10)7-13/h2-6H,7,13H2,1H3,(H,14,15).